The fraction of sp³-hybridized carbons (Fsp3) is 0.316. The number of fused-ring (bicyclic) bond motifs is 3. The van der Waals surface area contributed by atoms with Gasteiger partial charge < -0.3 is 0 Å². The molecule has 102 valence electrons. The van der Waals surface area contributed by atoms with E-state index in [-0.39, 0.29) is 0 Å². The van der Waals surface area contributed by atoms with Gasteiger partial charge in [-0.15, -0.1) is 0 Å². The minimum atomic E-state index is 0.463. The van der Waals surface area contributed by atoms with E-state index in [1.807, 2.05) is 0 Å². The van der Waals surface area contributed by atoms with E-state index in [0.717, 1.165) is 11.2 Å². The van der Waals surface area contributed by atoms with Gasteiger partial charge in [0.1, 0.15) is 0 Å². The number of hydrogen-bond donors (Lipinski definition) is 0. The molecule has 0 aliphatic rings. The van der Waals surface area contributed by atoms with Crippen molar-refractivity contribution in [2.24, 2.45) is 0 Å². The molecule has 3 rings (SSSR count). The van der Waals surface area contributed by atoms with E-state index in [0.29, 0.717) is 11.8 Å². The maximum Gasteiger partial charge on any atom is 0.0783 e. The normalized spacial score (nSPS) is 11.9. The van der Waals surface area contributed by atoms with Crippen LogP contribution in [-0.2, 0) is 0 Å². The summed E-state index contributed by atoms with van der Waals surface area (Å²) in [7, 11) is 0. The first-order valence-corrected chi connectivity index (χ1v) is 7.39. The summed E-state index contributed by atoms with van der Waals surface area (Å²) >= 11 is 0. The zero-order valence-electron chi connectivity index (χ0n) is 12.6. The van der Waals surface area contributed by atoms with Crippen LogP contribution >= 0.6 is 0 Å². The van der Waals surface area contributed by atoms with E-state index < -0.39 is 0 Å². The predicted octanol–water partition coefficient (Wildman–Crippen LogP) is 5.63. The highest BCUT2D eigenvalue weighted by Crippen LogP contribution is 2.28. The third kappa shape index (κ3) is 2.18. The van der Waals surface area contributed by atoms with Gasteiger partial charge in [-0.2, -0.15) is 0 Å². The third-order valence-electron chi connectivity index (χ3n) is 3.98. The molecule has 0 spiro atoms. The standard InChI is InChI=1S/C19H21N/c1-12(2)15-7-9-17-16(11-15)6-5-14-8-10-18(13(3)4)20-19(14)17/h5-13H,1-4H3. The molecule has 0 aliphatic heterocycles. The second-order valence-electron chi connectivity index (χ2n) is 6.16. The van der Waals surface area contributed by atoms with Crippen LogP contribution < -0.4 is 0 Å². The Labute approximate surface area is 120 Å². The van der Waals surface area contributed by atoms with Gasteiger partial charge in [0.25, 0.3) is 0 Å². The number of benzene rings is 2. The Balaban J connectivity index is 2.30. The largest absolute Gasteiger partial charge is 0.252 e. The van der Waals surface area contributed by atoms with Crippen molar-refractivity contribution in [3.05, 3.63) is 53.7 Å². The lowest BCUT2D eigenvalue weighted by Gasteiger charge is -2.10. The van der Waals surface area contributed by atoms with E-state index in [9.17, 15) is 0 Å². The minimum absolute atomic E-state index is 0.463. The summed E-state index contributed by atoms with van der Waals surface area (Å²) in [4.78, 5) is 4.88. The highest BCUT2D eigenvalue weighted by atomic mass is 14.7. The second kappa shape index (κ2) is 4.90. The van der Waals surface area contributed by atoms with Crippen LogP contribution in [0.4, 0.5) is 0 Å². The molecule has 0 atom stereocenters. The summed E-state index contributed by atoms with van der Waals surface area (Å²) in [5.41, 5.74) is 3.68. The molecule has 0 N–H and O–H groups in total. The van der Waals surface area contributed by atoms with Crippen molar-refractivity contribution in [2.45, 2.75) is 39.5 Å². The van der Waals surface area contributed by atoms with Crippen LogP contribution in [0.3, 0.4) is 0 Å². The van der Waals surface area contributed by atoms with Gasteiger partial charge in [-0.3, -0.25) is 4.98 Å². The lowest BCUT2D eigenvalue weighted by atomic mass is 9.97. The minimum Gasteiger partial charge on any atom is -0.252 e. The lowest BCUT2D eigenvalue weighted by molar-refractivity contribution is 0.830. The van der Waals surface area contributed by atoms with E-state index >= 15 is 0 Å². The maximum absolute atomic E-state index is 4.88. The van der Waals surface area contributed by atoms with Crippen LogP contribution in [0.15, 0.2) is 42.5 Å². The number of rotatable bonds is 2. The summed E-state index contributed by atoms with van der Waals surface area (Å²) in [5, 5.41) is 3.77. The van der Waals surface area contributed by atoms with Crippen molar-refractivity contribution in [1.82, 2.24) is 4.98 Å². The molecule has 1 nitrogen and oxygen atoms in total. The molecule has 0 radical (unpaired) electrons. The molecule has 20 heavy (non-hydrogen) atoms. The SMILES string of the molecule is CC(C)c1ccc2c(ccc3ccc(C(C)C)nc32)c1. The summed E-state index contributed by atoms with van der Waals surface area (Å²) in [6.07, 6.45) is 0. The summed E-state index contributed by atoms with van der Waals surface area (Å²) in [6.45, 7) is 8.85. The van der Waals surface area contributed by atoms with Gasteiger partial charge in [0.2, 0.25) is 0 Å². The van der Waals surface area contributed by atoms with Crippen molar-refractivity contribution < 1.29 is 0 Å². The van der Waals surface area contributed by atoms with Crippen LogP contribution in [0.5, 0.6) is 0 Å². The van der Waals surface area contributed by atoms with Gasteiger partial charge in [-0.05, 0) is 28.9 Å². The summed E-state index contributed by atoms with van der Waals surface area (Å²) in [5.74, 6) is 1.02. The fourth-order valence-corrected chi connectivity index (χ4v) is 2.63. The first kappa shape index (κ1) is 13.1. The molecule has 0 bridgehead atoms. The quantitative estimate of drug-likeness (QED) is 0.546. The molecule has 0 saturated heterocycles. The molecule has 0 saturated carbocycles. The second-order valence-corrected chi connectivity index (χ2v) is 6.16. The lowest BCUT2D eigenvalue weighted by Crippen LogP contribution is -1.94. The van der Waals surface area contributed by atoms with E-state index in [2.05, 4.69) is 70.2 Å². The molecule has 3 aromatic rings. The molecule has 0 aliphatic carbocycles. The molecule has 1 heterocycles. The number of hydrogen-bond acceptors (Lipinski definition) is 1. The predicted molar refractivity (Wildman–Crippen MR) is 87.4 cm³/mol. The number of aromatic nitrogens is 1. The molecular weight excluding hydrogens is 242 g/mol. The van der Waals surface area contributed by atoms with Gasteiger partial charge in [-0.1, -0.05) is 64.1 Å². The smallest absolute Gasteiger partial charge is 0.0783 e. The van der Waals surface area contributed by atoms with Gasteiger partial charge >= 0.3 is 0 Å². The van der Waals surface area contributed by atoms with Gasteiger partial charge in [0.15, 0.2) is 0 Å². The van der Waals surface area contributed by atoms with E-state index in [4.69, 9.17) is 4.98 Å². The Bertz CT molecular complexity index is 769. The monoisotopic (exact) mass is 263 g/mol. The van der Waals surface area contributed by atoms with Crippen molar-refractivity contribution in [3.63, 3.8) is 0 Å². The Hall–Kier alpha value is -1.89. The Morgan fingerprint density at radius 1 is 0.750 bits per heavy atom. The van der Waals surface area contributed by atoms with Crippen molar-refractivity contribution in [3.8, 4) is 0 Å². The molecule has 1 aromatic heterocycles. The maximum atomic E-state index is 4.88. The van der Waals surface area contributed by atoms with Crippen LogP contribution in [0, 0.1) is 0 Å². The third-order valence-corrected chi connectivity index (χ3v) is 3.98. The van der Waals surface area contributed by atoms with Crippen molar-refractivity contribution >= 4 is 21.7 Å². The molecule has 1 heteroatoms. The van der Waals surface area contributed by atoms with Gasteiger partial charge in [0.05, 0.1) is 5.52 Å². The summed E-state index contributed by atoms with van der Waals surface area (Å²) in [6, 6.07) is 15.5. The highest BCUT2D eigenvalue weighted by Gasteiger charge is 2.07. The summed E-state index contributed by atoms with van der Waals surface area (Å²) < 4.78 is 0. The zero-order chi connectivity index (χ0) is 14.3. The van der Waals surface area contributed by atoms with Crippen LogP contribution in [0.25, 0.3) is 21.7 Å². The van der Waals surface area contributed by atoms with Gasteiger partial charge in [-0.25, -0.2) is 0 Å². The molecule has 0 amide bonds. The average molecular weight is 263 g/mol. The highest BCUT2D eigenvalue weighted by molar-refractivity contribution is 6.05. The number of nitrogens with zero attached hydrogens (tertiary/aromatic N) is 1. The number of pyridine rings is 1. The fourth-order valence-electron chi connectivity index (χ4n) is 2.63. The average Bonchev–Trinajstić information content (AvgIpc) is 2.45. The zero-order valence-corrected chi connectivity index (χ0v) is 12.6. The Morgan fingerprint density at radius 3 is 2.15 bits per heavy atom. The van der Waals surface area contributed by atoms with Gasteiger partial charge in [0, 0.05) is 16.5 Å². The molecule has 2 aromatic carbocycles. The van der Waals surface area contributed by atoms with Crippen LogP contribution in [0.2, 0.25) is 0 Å². The van der Waals surface area contributed by atoms with E-state index in [1.165, 1.54) is 21.7 Å². The topological polar surface area (TPSA) is 12.9 Å². The Morgan fingerprint density at radius 2 is 1.45 bits per heavy atom. The Kier molecular flexibility index (Phi) is 3.21. The first-order valence-electron chi connectivity index (χ1n) is 7.39. The van der Waals surface area contributed by atoms with Crippen LogP contribution in [-0.4, -0.2) is 4.98 Å². The first-order chi connectivity index (χ1) is 9.56. The molecule has 0 unspecified atom stereocenters. The van der Waals surface area contributed by atoms with E-state index in [1.54, 1.807) is 0 Å². The van der Waals surface area contributed by atoms with Crippen molar-refractivity contribution in [1.29, 1.82) is 0 Å². The molecule has 0 fully saturated rings. The van der Waals surface area contributed by atoms with Crippen LogP contribution in [0.1, 0.15) is 50.8 Å². The molecular formula is C19H21N. The van der Waals surface area contributed by atoms with Crippen molar-refractivity contribution in [2.75, 3.05) is 0 Å².